The van der Waals surface area contributed by atoms with Gasteiger partial charge in [0.05, 0.1) is 13.2 Å². The van der Waals surface area contributed by atoms with Crippen LogP contribution in [0.4, 0.5) is 0 Å². The highest BCUT2D eigenvalue weighted by molar-refractivity contribution is 5.70. The molecular formula is C21H36O6. The Morgan fingerprint density at radius 2 is 1.11 bits per heavy atom. The van der Waals surface area contributed by atoms with Gasteiger partial charge >= 0.3 is 11.9 Å². The van der Waals surface area contributed by atoms with Crippen LogP contribution < -0.4 is 0 Å². The Kier molecular flexibility index (Phi) is 11.4. The van der Waals surface area contributed by atoms with Crippen LogP contribution >= 0.6 is 0 Å². The molecule has 0 radical (unpaired) electrons. The van der Waals surface area contributed by atoms with Crippen LogP contribution in [0.2, 0.25) is 0 Å². The lowest BCUT2D eigenvalue weighted by Crippen LogP contribution is -2.21. The number of unbranched alkanes of at least 4 members (excludes halogenated alkanes) is 2. The summed E-state index contributed by atoms with van der Waals surface area (Å²) in [4.78, 5) is 22.0. The van der Waals surface area contributed by atoms with E-state index in [9.17, 15) is 9.59 Å². The Hall–Kier alpha value is -1.14. The molecule has 2 atom stereocenters. The monoisotopic (exact) mass is 384 g/mol. The molecule has 2 fully saturated rings. The molecule has 0 amide bonds. The van der Waals surface area contributed by atoms with E-state index in [4.69, 9.17) is 18.9 Å². The van der Waals surface area contributed by atoms with Crippen molar-refractivity contribution in [2.75, 3.05) is 39.6 Å². The van der Waals surface area contributed by atoms with Crippen molar-refractivity contribution in [2.45, 2.75) is 70.6 Å². The second kappa shape index (κ2) is 13.9. The minimum absolute atomic E-state index is 0.0479. The Balaban J connectivity index is 1.26. The van der Waals surface area contributed by atoms with Crippen LogP contribution in [0.3, 0.4) is 0 Å². The first-order chi connectivity index (χ1) is 13.2. The molecule has 0 saturated carbocycles. The standard InChI is InChI=1S/C21H36O6/c22-20-10-8-18(16-26-20)6-1-3-12-24-14-5-15-25-13-4-2-7-19-9-11-21(23)27-17-19/h18-19H,1-17H2. The minimum atomic E-state index is -0.0479. The van der Waals surface area contributed by atoms with Gasteiger partial charge in [-0.3, -0.25) is 9.59 Å². The topological polar surface area (TPSA) is 71.1 Å². The number of cyclic esters (lactones) is 2. The molecule has 2 heterocycles. The molecule has 0 aromatic carbocycles. The molecule has 156 valence electrons. The summed E-state index contributed by atoms with van der Waals surface area (Å²) in [6.45, 7) is 4.33. The van der Waals surface area contributed by atoms with Gasteiger partial charge in [-0.05, 0) is 56.8 Å². The van der Waals surface area contributed by atoms with Gasteiger partial charge in [0.1, 0.15) is 0 Å². The van der Waals surface area contributed by atoms with E-state index in [0.717, 1.165) is 84.2 Å². The molecule has 0 aromatic heterocycles. The van der Waals surface area contributed by atoms with Gasteiger partial charge in [-0.15, -0.1) is 0 Å². The maximum Gasteiger partial charge on any atom is 0.305 e. The summed E-state index contributed by atoms with van der Waals surface area (Å²) in [5, 5.41) is 0. The number of carbonyl (C=O) groups is 2. The fourth-order valence-electron chi connectivity index (χ4n) is 3.57. The van der Waals surface area contributed by atoms with E-state index in [2.05, 4.69) is 0 Å². The molecule has 2 saturated heterocycles. The SMILES string of the molecule is O=C1CCC(CCCCOCCCOCCCCC2CCC(=O)OC2)CO1. The number of esters is 2. The maximum atomic E-state index is 11.0. The predicted molar refractivity (Wildman–Crippen MR) is 101 cm³/mol. The van der Waals surface area contributed by atoms with Crippen LogP contribution in [0.5, 0.6) is 0 Å². The van der Waals surface area contributed by atoms with Crippen molar-refractivity contribution in [1.29, 1.82) is 0 Å². The van der Waals surface area contributed by atoms with Gasteiger partial charge in [-0.2, -0.15) is 0 Å². The van der Waals surface area contributed by atoms with Gasteiger partial charge in [-0.1, -0.05) is 12.8 Å². The van der Waals surface area contributed by atoms with E-state index in [1.54, 1.807) is 0 Å². The van der Waals surface area contributed by atoms with Crippen LogP contribution in [-0.4, -0.2) is 51.6 Å². The normalized spacial score (nSPS) is 23.1. The summed E-state index contributed by atoms with van der Waals surface area (Å²) in [6, 6.07) is 0. The fraction of sp³-hybridized carbons (Fsp3) is 0.905. The highest BCUT2D eigenvalue weighted by atomic mass is 16.5. The first-order valence-corrected chi connectivity index (χ1v) is 10.7. The zero-order valence-electron chi connectivity index (χ0n) is 16.6. The van der Waals surface area contributed by atoms with E-state index in [1.807, 2.05) is 0 Å². The molecule has 0 aliphatic carbocycles. The maximum absolute atomic E-state index is 11.0. The molecule has 2 aliphatic rings. The van der Waals surface area contributed by atoms with Crippen molar-refractivity contribution in [3.8, 4) is 0 Å². The lowest BCUT2D eigenvalue weighted by molar-refractivity contribution is -0.150. The summed E-state index contributed by atoms with van der Waals surface area (Å²) >= 11 is 0. The fourth-order valence-corrected chi connectivity index (χ4v) is 3.57. The van der Waals surface area contributed by atoms with Gasteiger partial charge in [-0.25, -0.2) is 0 Å². The third-order valence-electron chi connectivity index (χ3n) is 5.35. The van der Waals surface area contributed by atoms with E-state index in [-0.39, 0.29) is 11.9 Å². The van der Waals surface area contributed by atoms with Crippen molar-refractivity contribution in [3.63, 3.8) is 0 Å². The average Bonchev–Trinajstić information content (AvgIpc) is 2.68. The molecule has 0 spiro atoms. The predicted octanol–water partition coefficient (Wildman–Crippen LogP) is 3.66. The molecule has 0 aromatic rings. The molecule has 2 rings (SSSR count). The summed E-state index contributed by atoms with van der Waals surface area (Å²) < 4.78 is 21.5. The Labute approximate surface area is 163 Å². The third kappa shape index (κ3) is 10.7. The van der Waals surface area contributed by atoms with Gasteiger partial charge in [0.2, 0.25) is 0 Å². The Bertz CT molecular complexity index is 367. The molecule has 6 nitrogen and oxygen atoms in total. The molecule has 0 N–H and O–H groups in total. The first-order valence-electron chi connectivity index (χ1n) is 10.7. The van der Waals surface area contributed by atoms with E-state index >= 15 is 0 Å². The van der Waals surface area contributed by atoms with Gasteiger partial charge in [0.25, 0.3) is 0 Å². The summed E-state index contributed by atoms with van der Waals surface area (Å²) in [7, 11) is 0. The highest BCUT2D eigenvalue weighted by Crippen LogP contribution is 2.21. The number of hydrogen-bond donors (Lipinski definition) is 0. The van der Waals surface area contributed by atoms with Crippen molar-refractivity contribution >= 4 is 11.9 Å². The third-order valence-corrected chi connectivity index (χ3v) is 5.35. The van der Waals surface area contributed by atoms with Gasteiger partial charge in [0.15, 0.2) is 0 Å². The second-order valence-electron chi connectivity index (χ2n) is 7.75. The smallest absolute Gasteiger partial charge is 0.305 e. The zero-order chi connectivity index (χ0) is 19.2. The lowest BCUT2D eigenvalue weighted by atomic mass is 9.96. The summed E-state index contributed by atoms with van der Waals surface area (Å²) in [6.07, 6.45) is 10.7. The molecule has 0 bridgehead atoms. The van der Waals surface area contributed by atoms with Crippen LogP contribution in [0.1, 0.15) is 70.6 Å². The molecule has 6 heteroatoms. The second-order valence-corrected chi connectivity index (χ2v) is 7.75. The van der Waals surface area contributed by atoms with Gasteiger partial charge in [0, 0.05) is 39.3 Å². The van der Waals surface area contributed by atoms with E-state index in [1.165, 1.54) is 0 Å². The number of hydrogen-bond acceptors (Lipinski definition) is 6. The Morgan fingerprint density at radius 1 is 0.667 bits per heavy atom. The van der Waals surface area contributed by atoms with E-state index < -0.39 is 0 Å². The first kappa shape index (κ1) is 22.2. The van der Waals surface area contributed by atoms with Crippen molar-refractivity contribution in [2.24, 2.45) is 11.8 Å². The highest BCUT2D eigenvalue weighted by Gasteiger charge is 2.19. The van der Waals surface area contributed by atoms with Crippen LogP contribution in [-0.2, 0) is 28.5 Å². The zero-order valence-corrected chi connectivity index (χ0v) is 16.6. The van der Waals surface area contributed by atoms with Crippen molar-refractivity contribution in [1.82, 2.24) is 0 Å². The van der Waals surface area contributed by atoms with Crippen molar-refractivity contribution < 1.29 is 28.5 Å². The van der Waals surface area contributed by atoms with E-state index in [0.29, 0.717) is 37.9 Å². The van der Waals surface area contributed by atoms with Crippen LogP contribution in [0.25, 0.3) is 0 Å². The quantitative estimate of drug-likeness (QED) is 0.336. The minimum Gasteiger partial charge on any atom is -0.465 e. The molecule has 27 heavy (non-hydrogen) atoms. The lowest BCUT2D eigenvalue weighted by Gasteiger charge is -2.21. The summed E-state index contributed by atoms with van der Waals surface area (Å²) in [5.41, 5.74) is 0. The molecular weight excluding hydrogens is 348 g/mol. The van der Waals surface area contributed by atoms with Crippen LogP contribution in [0.15, 0.2) is 0 Å². The summed E-state index contributed by atoms with van der Waals surface area (Å²) in [5.74, 6) is 0.995. The largest absolute Gasteiger partial charge is 0.465 e. The van der Waals surface area contributed by atoms with Crippen LogP contribution in [0, 0.1) is 11.8 Å². The Morgan fingerprint density at radius 3 is 1.52 bits per heavy atom. The van der Waals surface area contributed by atoms with Gasteiger partial charge < -0.3 is 18.9 Å². The average molecular weight is 385 g/mol. The molecule has 2 unspecified atom stereocenters. The number of carbonyl (C=O) groups excluding carboxylic acids is 2. The van der Waals surface area contributed by atoms with Crippen molar-refractivity contribution in [3.05, 3.63) is 0 Å². The number of rotatable bonds is 14. The molecule has 2 aliphatic heterocycles. The number of ether oxygens (including phenoxy) is 4.